The Morgan fingerprint density at radius 2 is 1.90 bits per heavy atom. The van der Waals surface area contributed by atoms with E-state index in [4.69, 9.17) is 0 Å². The number of nitrogens with one attached hydrogen (secondary N) is 1. The summed E-state index contributed by atoms with van der Waals surface area (Å²) < 4.78 is 46.5. The standard InChI is InChI=1S/C21H22F3N7/c1-11-13(5-6-18-14(11)9-25-30(18)4)17-8-20-26-16(15-10-29(3)27-12(15)2)7-19(21(22,23)24)31(20)28-17/h5-6,8-10,16,19,26H,7H2,1-4H3/t16-,19+/m1/s1. The fraction of sp³-hybridized carbons (Fsp3) is 0.381. The van der Waals surface area contributed by atoms with Crippen LogP contribution in [0.1, 0.15) is 35.3 Å². The van der Waals surface area contributed by atoms with Gasteiger partial charge in [-0.15, -0.1) is 0 Å². The van der Waals surface area contributed by atoms with Gasteiger partial charge in [0.25, 0.3) is 0 Å². The molecule has 0 fully saturated rings. The number of halogens is 3. The molecule has 31 heavy (non-hydrogen) atoms. The number of aromatic nitrogens is 6. The summed E-state index contributed by atoms with van der Waals surface area (Å²) in [4.78, 5) is 0. The summed E-state index contributed by atoms with van der Waals surface area (Å²) in [6.07, 6.45) is -1.03. The molecule has 0 radical (unpaired) electrons. The summed E-state index contributed by atoms with van der Waals surface area (Å²) in [5.74, 6) is 0.350. The molecule has 1 aromatic carbocycles. The van der Waals surface area contributed by atoms with Gasteiger partial charge >= 0.3 is 6.18 Å². The van der Waals surface area contributed by atoms with E-state index in [1.54, 1.807) is 34.9 Å². The molecule has 1 aliphatic rings. The van der Waals surface area contributed by atoms with Gasteiger partial charge < -0.3 is 5.32 Å². The Kier molecular flexibility index (Phi) is 4.18. The maximum Gasteiger partial charge on any atom is 0.410 e. The molecule has 5 rings (SSSR count). The highest BCUT2D eigenvalue weighted by Crippen LogP contribution is 2.45. The zero-order valence-corrected chi connectivity index (χ0v) is 17.6. The topological polar surface area (TPSA) is 65.5 Å². The third-order valence-electron chi connectivity index (χ3n) is 6.09. The van der Waals surface area contributed by atoms with Crippen LogP contribution in [0.3, 0.4) is 0 Å². The Labute approximate surface area is 176 Å². The van der Waals surface area contributed by atoms with Crippen molar-refractivity contribution in [2.45, 2.75) is 38.5 Å². The second-order valence-corrected chi connectivity index (χ2v) is 8.13. The molecule has 4 heterocycles. The average molecular weight is 429 g/mol. The molecule has 4 aromatic rings. The van der Waals surface area contributed by atoms with E-state index in [2.05, 4.69) is 20.6 Å². The second-order valence-electron chi connectivity index (χ2n) is 8.13. The van der Waals surface area contributed by atoms with E-state index in [1.807, 2.05) is 33.0 Å². The zero-order chi connectivity index (χ0) is 22.1. The van der Waals surface area contributed by atoms with Gasteiger partial charge in [0.15, 0.2) is 6.04 Å². The maximum absolute atomic E-state index is 14.0. The van der Waals surface area contributed by atoms with Gasteiger partial charge in [0.05, 0.1) is 29.1 Å². The lowest BCUT2D eigenvalue weighted by Crippen LogP contribution is -2.35. The molecule has 0 bridgehead atoms. The Bertz CT molecular complexity index is 1290. The predicted molar refractivity (Wildman–Crippen MR) is 111 cm³/mol. The van der Waals surface area contributed by atoms with Crippen molar-refractivity contribution in [2.75, 3.05) is 5.32 Å². The minimum atomic E-state index is -4.42. The molecule has 0 aliphatic carbocycles. The van der Waals surface area contributed by atoms with Crippen LogP contribution in [0.4, 0.5) is 19.0 Å². The summed E-state index contributed by atoms with van der Waals surface area (Å²) in [5.41, 5.74) is 4.67. The molecular formula is C21H22F3N7. The Balaban J connectivity index is 1.61. The number of anilines is 1. The zero-order valence-electron chi connectivity index (χ0n) is 17.6. The van der Waals surface area contributed by atoms with Crippen LogP contribution in [-0.2, 0) is 14.1 Å². The molecule has 10 heteroatoms. The number of aryl methyl sites for hydroxylation is 4. The SMILES string of the molecule is Cc1nn(C)cc1[C@H]1C[C@@H](C(F)(F)F)n2nc(-c3ccc4c(cnn4C)c3C)cc2N1. The monoisotopic (exact) mass is 429 g/mol. The molecule has 1 N–H and O–H groups in total. The second kappa shape index (κ2) is 6.60. The predicted octanol–water partition coefficient (Wildman–Crippen LogP) is 4.45. The van der Waals surface area contributed by atoms with E-state index in [0.717, 1.165) is 32.3 Å². The van der Waals surface area contributed by atoms with Crippen molar-refractivity contribution >= 4 is 16.7 Å². The van der Waals surface area contributed by atoms with Gasteiger partial charge in [0.1, 0.15) is 5.82 Å². The maximum atomic E-state index is 14.0. The van der Waals surface area contributed by atoms with Gasteiger partial charge in [-0.2, -0.15) is 28.5 Å². The molecule has 7 nitrogen and oxygen atoms in total. The molecule has 1 aliphatic heterocycles. The van der Waals surface area contributed by atoms with E-state index >= 15 is 0 Å². The Hall–Kier alpha value is -3.30. The number of benzene rings is 1. The molecular weight excluding hydrogens is 407 g/mol. The van der Waals surface area contributed by atoms with Crippen molar-refractivity contribution in [3.05, 3.63) is 47.4 Å². The van der Waals surface area contributed by atoms with Crippen LogP contribution in [0, 0.1) is 13.8 Å². The van der Waals surface area contributed by atoms with Crippen molar-refractivity contribution in [2.24, 2.45) is 14.1 Å². The highest BCUT2D eigenvalue weighted by molar-refractivity contribution is 5.88. The summed E-state index contributed by atoms with van der Waals surface area (Å²) >= 11 is 0. The van der Waals surface area contributed by atoms with Crippen LogP contribution in [0.2, 0.25) is 0 Å². The molecule has 2 atom stereocenters. The molecule has 0 saturated carbocycles. The van der Waals surface area contributed by atoms with Crippen molar-refractivity contribution in [3.63, 3.8) is 0 Å². The van der Waals surface area contributed by atoms with Crippen LogP contribution < -0.4 is 5.32 Å². The molecule has 3 aromatic heterocycles. The smallest absolute Gasteiger partial charge is 0.363 e. The summed E-state index contributed by atoms with van der Waals surface area (Å²) in [6.45, 7) is 3.75. The van der Waals surface area contributed by atoms with E-state index in [9.17, 15) is 13.2 Å². The van der Waals surface area contributed by atoms with Crippen LogP contribution in [0.15, 0.2) is 30.6 Å². The van der Waals surface area contributed by atoms with Crippen LogP contribution in [-0.4, -0.2) is 35.5 Å². The number of hydrogen-bond donors (Lipinski definition) is 1. The normalized spacial score (nSPS) is 18.9. The molecule has 0 spiro atoms. The van der Waals surface area contributed by atoms with Gasteiger partial charge in [0, 0.05) is 49.3 Å². The van der Waals surface area contributed by atoms with E-state index in [-0.39, 0.29) is 6.42 Å². The first-order chi connectivity index (χ1) is 14.6. The van der Waals surface area contributed by atoms with Gasteiger partial charge in [-0.3, -0.25) is 9.36 Å². The fourth-order valence-corrected chi connectivity index (χ4v) is 4.51. The molecule has 162 valence electrons. The Morgan fingerprint density at radius 1 is 1.13 bits per heavy atom. The number of hydrogen-bond acceptors (Lipinski definition) is 4. The average Bonchev–Trinajstić information content (AvgIpc) is 3.37. The van der Waals surface area contributed by atoms with Gasteiger partial charge in [0.2, 0.25) is 0 Å². The number of nitrogens with zero attached hydrogens (tertiary/aromatic N) is 6. The van der Waals surface area contributed by atoms with Crippen LogP contribution >= 0.6 is 0 Å². The van der Waals surface area contributed by atoms with E-state index < -0.39 is 18.3 Å². The third-order valence-corrected chi connectivity index (χ3v) is 6.09. The van der Waals surface area contributed by atoms with Crippen molar-refractivity contribution < 1.29 is 13.2 Å². The highest BCUT2D eigenvalue weighted by Gasteiger charge is 2.47. The number of rotatable bonds is 2. The first kappa shape index (κ1) is 19.7. The largest absolute Gasteiger partial charge is 0.410 e. The van der Waals surface area contributed by atoms with Gasteiger partial charge in [-0.1, -0.05) is 6.07 Å². The quantitative estimate of drug-likeness (QED) is 0.511. The first-order valence-corrected chi connectivity index (χ1v) is 9.98. The van der Waals surface area contributed by atoms with E-state index in [1.165, 1.54) is 0 Å². The minimum absolute atomic E-state index is 0.148. The third kappa shape index (κ3) is 3.08. The highest BCUT2D eigenvalue weighted by atomic mass is 19.4. The lowest BCUT2D eigenvalue weighted by atomic mass is 9.97. The van der Waals surface area contributed by atoms with Crippen molar-refractivity contribution in [1.29, 1.82) is 0 Å². The van der Waals surface area contributed by atoms with Crippen molar-refractivity contribution in [1.82, 2.24) is 29.3 Å². The lowest BCUT2D eigenvalue weighted by molar-refractivity contribution is -0.173. The number of fused-ring (bicyclic) bond motifs is 2. The lowest BCUT2D eigenvalue weighted by Gasteiger charge is -2.33. The number of alkyl halides is 3. The van der Waals surface area contributed by atoms with Crippen LogP contribution in [0.5, 0.6) is 0 Å². The summed E-state index contributed by atoms with van der Waals surface area (Å²) in [5, 5.41) is 17.2. The molecule has 0 amide bonds. The molecule has 0 saturated heterocycles. The molecule has 0 unspecified atom stereocenters. The van der Waals surface area contributed by atoms with Crippen molar-refractivity contribution in [3.8, 4) is 11.3 Å². The first-order valence-electron chi connectivity index (χ1n) is 9.98. The minimum Gasteiger partial charge on any atom is -0.363 e. The van der Waals surface area contributed by atoms with Crippen LogP contribution in [0.25, 0.3) is 22.2 Å². The Morgan fingerprint density at radius 3 is 2.58 bits per heavy atom. The summed E-state index contributed by atoms with van der Waals surface area (Å²) in [7, 11) is 3.62. The van der Waals surface area contributed by atoms with Gasteiger partial charge in [-0.05, 0) is 25.5 Å². The van der Waals surface area contributed by atoms with Gasteiger partial charge in [-0.25, -0.2) is 4.68 Å². The van der Waals surface area contributed by atoms with E-state index in [0.29, 0.717) is 17.2 Å². The fourth-order valence-electron chi connectivity index (χ4n) is 4.51. The summed E-state index contributed by atoms with van der Waals surface area (Å²) in [6, 6.07) is 3.28.